The molecule has 0 unspecified atom stereocenters. The van der Waals surface area contributed by atoms with Crippen LogP contribution in [0.4, 0.5) is 49.4 Å². The lowest BCUT2D eigenvalue weighted by molar-refractivity contribution is -0.138. The average molecular weight is 467 g/mol. The SMILES string of the molecule is FC(F)(F)c1cc(Nc2cncc(Nc3ccc(Cl)c(C(F)(F)F)c3)n2)ccc1Cl. The number of hydrogen-bond acceptors (Lipinski definition) is 4. The lowest BCUT2D eigenvalue weighted by Gasteiger charge is -2.13. The van der Waals surface area contributed by atoms with E-state index >= 15 is 0 Å². The summed E-state index contributed by atoms with van der Waals surface area (Å²) in [5.74, 6) is 0.112. The van der Waals surface area contributed by atoms with Gasteiger partial charge in [-0.1, -0.05) is 23.2 Å². The second-order valence-corrected chi connectivity index (χ2v) is 6.74. The molecule has 1 aromatic heterocycles. The quantitative estimate of drug-likeness (QED) is 0.395. The number of alkyl halides is 6. The van der Waals surface area contributed by atoms with Crippen LogP contribution in [0.2, 0.25) is 10.0 Å². The number of hydrogen-bond donors (Lipinski definition) is 2. The minimum Gasteiger partial charge on any atom is -0.339 e. The van der Waals surface area contributed by atoms with Crippen LogP contribution in [0, 0.1) is 0 Å². The summed E-state index contributed by atoms with van der Waals surface area (Å²) in [6.45, 7) is 0. The van der Waals surface area contributed by atoms with Gasteiger partial charge in [0.15, 0.2) is 11.6 Å². The lowest BCUT2D eigenvalue weighted by Crippen LogP contribution is -2.07. The standard InChI is InChI=1S/C18H10Cl2F6N4/c19-13-3-1-9(5-11(13)17(21,22)23)28-15-7-27-8-16(30-15)29-10-2-4-14(20)12(6-10)18(24,25)26/h1-8H,(H2,28,29,30). The van der Waals surface area contributed by atoms with Crippen molar-refractivity contribution in [1.29, 1.82) is 0 Å². The number of nitrogens with zero attached hydrogens (tertiary/aromatic N) is 2. The van der Waals surface area contributed by atoms with E-state index < -0.39 is 33.5 Å². The van der Waals surface area contributed by atoms with Crippen molar-refractivity contribution in [1.82, 2.24) is 9.97 Å². The predicted octanol–water partition coefficient (Wildman–Crippen LogP) is 7.31. The largest absolute Gasteiger partial charge is 0.417 e. The minimum absolute atomic E-state index is 0.0454. The van der Waals surface area contributed by atoms with Gasteiger partial charge in [-0.25, -0.2) is 4.98 Å². The second-order valence-electron chi connectivity index (χ2n) is 5.92. The number of aromatic nitrogens is 2. The van der Waals surface area contributed by atoms with Gasteiger partial charge in [-0.15, -0.1) is 0 Å². The Morgan fingerprint density at radius 1 is 0.667 bits per heavy atom. The molecule has 2 N–H and O–H groups in total. The molecule has 0 aliphatic rings. The van der Waals surface area contributed by atoms with Gasteiger partial charge in [0.05, 0.1) is 33.6 Å². The van der Waals surface area contributed by atoms with E-state index in [2.05, 4.69) is 20.6 Å². The summed E-state index contributed by atoms with van der Waals surface area (Å²) in [7, 11) is 0. The monoisotopic (exact) mass is 466 g/mol. The van der Waals surface area contributed by atoms with Crippen LogP contribution in [-0.2, 0) is 12.4 Å². The van der Waals surface area contributed by atoms with Gasteiger partial charge in [0.25, 0.3) is 0 Å². The fraction of sp³-hybridized carbons (Fsp3) is 0.111. The van der Waals surface area contributed by atoms with Gasteiger partial charge in [0, 0.05) is 11.4 Å². The van der Waals surface area contributed by atoms with Crippen LogP contribution >= 0.6 is 23.2 Å². The topological polar surface area (TPSA) is 49.8 Å². The average Bonchev–Trinajstić information content (AvgIpc) is 2.63. The van der Waals surface area contributed by atoms with Crippen molar-refractivity contribution < 1.29 is 26.3 Å². The molecule has 0 bridgehead atoms. The Balaban J connectivity index is 1.83. The molecule has 2 aromatic carbocycles. The number of rotatable bonds is 4. The Bertz CT molecular complexity index is 989. The fourth-order valence-electron chi connectivity index (χ4n) is 2.42. The molecule has 0 aliphatic carbocycles. The van der Waals surface area contributed by atoms with Crippen molar-refractivity contribution in [2.45, 2.75) is 12.4 Å². The van der Waals surface area contributed by atoms with Crippen molar-refractivity contribution in [2.24, 2.45) is 0 Å². The Hall–Kier alpha value is -2.72. The molecule has 0 saturated heterocycles. The van der Waals surface area contributed by atoms with Crippen molar-refractivity contribution in [3.05, 3.63) is 70.0 Å². The van der Waals surface area contributed by atoms with E-state index in [4.69, 9.17) is 23.2 Å². The molecule has 12 heteroatoms. The normalized spacial score (nSPS) is 12.0. The second kappa shape index (κ2) is 8.19. The van der Waals surface area contributed by atoms with Crippen molar-refractivity contribution in [2.75, 3.05) is 10.6 Å². The van der Waals surface area contributed by atoms with Gasteiger partial charge in [0.1, 0.15) is 0 Å². The Morgan fingerprint density at radius 3 is 1.43 bits per heavy atom. The van der Waals surface area contributed by atoms with Gasteiger partial charge in [-0.2, -0.15) is 26.3 Å². The van der Waals surface area contributed by atoms with E-state index in [1.807, 2.05) is 0 Å². The molecule has 3 rings (SSSR count). The first-order chi connectivity index (χ1) is 13.9. The van der Waals surface area contributed by atoms with Gasteiger partial charge in [0.2, 0.25) is 0 Å². The lowest BCUT2D eigenvalue weighted by atomic mass is 10.2. The highest BCUT2D eigenvalue weighted by Crippen LogP contribution is 2.38. The van der Waals surface area contributed by atoms with Gasteiger partial charge in [-0.3, -0.25) is 4.98 Å². The van der Waals surface area contributed by atoms with E-state index in [1.165, 1.54) is 24.5 Å². The maximum atomic E-state index is 13.0. The van der Waals surface area contributed by atoms with Gasteiger partial charge in [-0.05, 0) is 36.4 Å². The first-order valence-electron chi connectivity index (χ1n) is 8.03. The summed E-state index contributed by atoms with van der Waals surface area (Å²) in [5.41, 5.74) is -1.97. The van der Waals surface area contributed by atoms with Crippen LogP contribution in [0.15, 0.2) is 48.8 Å². The van der Waals surface area contributed by atoms with Crippen LogP contribution < -0.4 is 10.6 Å². The van der Waals surface area contributed by atoms with Crippen molar-refractivity contribution in [3.63, 3.8) is 0 Å². The Labute approximate surface area is 175 Å². The molecule has 0 amide bonds. The summed E-state index contributed by atoms with van der Waals surface area (Å²) in [6.07, 6.45) is -6.82. The van der Waals surface area contributed by atoms with Crippen molar-refractivity contribution in [3.8, 4) is 0 Å². The Kier molecular flexibility index (Phi) is 6.00. The highest BCUT2D eigenvalue weighted by atomic mass is 35.5. The zero-order valence-electron chi connectivity index (χ0n) is 14.5. The van der Waals surface area contributed by atoms with Gasteiger partial charge >= 0.3 is 12.4 Å². The van der Waals surface area contributed by atoms with Crippen LogP contribution in [0.5, 0.6) is 0 Å². The number of nitrogens with one attached hydrogen (secondary N) is 2. The van der Waals surface area contributed by atoms with E-state index in [0.717, 1.165) is 24.3 Å². The molecule has 4 nitrogen and oxygen atoms in total. The van der Waals surface area contributed by atoms with Crippen LogP contribution in [0.25, 0.3) is 0 Å². The van der Waals surface area contributed by atoms with E-state index in [1.54, 1.807) is 0 Å². The van der Waals surface area contributed by atoms with Crippen LogP contribution in [-0.4, -0.2) is 9.97 Å². The fourth-order valence-corrected chi connectivity index (χ4v) is 2.87. The van der Waals surface area contributed by atoms with Gasteiger partial charge < -0.3 is 10.6 Å². The third-order valence-corrected chi connectivity index (χ3v) is 4.38. The smallest absolute Gasteiger partial charge is 0.339 e. The first-order valence-corrected chi connectivity index (χ1v) is 8.78. The third kappa shape index (κ3) is 5.25. The van der Waals surface area contributed by atoms with E-state index in [0.29, 0.717) is 0 Å². The first kappa shape index (κ1) is 22.0. The summed E-state index contributed by atoms with van der Waals surface area (Å²) >= 11 is 11.2. The predicted molar refractivity (Wildman–Crippen MR) is 102 cm³/mol. The summed E-state index contributed by atoms with van der Waals surface area (Å²) in [5, 5.41) is 4.36. The summed E-state index contributed by atoms with van der Waals surface area (Å²) < 4.78 is 77.9. The highest BCUT2D eigenvalue weighted by molar-refractivity contribution is 6.31. The molecule has 3 aromatic rings. The zero-order chi connectivity index (χ0) is 22.1. The molecule has 0 atom stereocenters. The molecule has 158 valence electrons. The number of halogens is 8. The Morgan fingerprint density at radius 2 is 1.07 bits per heavy atom. The van der Waals surface area contributed by atoms with Crippen molar-refractivity contribution >= 4 is 46.2 Å². The molecule has 0 saturated carbocycles. The van der Waals surface area contributed by atoms with Crippen LogP contribution in [0.1, 0.15) is 11.1 Å². The maximum absolute atomic E-state index is 13.0. The summed E-state index contributed by atoms with van der Waals surface area (Å²) in [4.78, 5) is 7.95. The van der Waals surface area contributed by atoms with Crippen LogP contribution in [0.3, 0.4) is 0 Å². The number of anilines is 4. The molecule has 0 aliphatic heterocycles. The zero-order valence-corrected chi connectivity index (χ0v) is 16.0. The molecule has 30 heavy (non-hydrogen) atoms. The third-order valence-electron chi connectivity index (χ3n) is 3.72. The summed E-state index contributed by atoms with van der Waals surface area (Å²) in [6, 6.07) is 6.39. The molecule has 0 radical (unpaired) electrons. The van der Waals surface area contributed by atoms with E-state index in [-0.39, 0.29) is 23.0 Å². The van der Waals surface area contributed by atoms with E-state index in [9.17, 15) is 26.3 Å². The molecule has 0 spiro atoms. The minimum atomic E-state index is -4.64. The highest BCUT2D eigenvalue weighted by Gasteiger charge is 2.34. The molecule has 0 fully saturated rings. The maximum Gasteiger partial charge on any atom is 0.417 e. The molecular formula is C18H10Cl2F6N4. The number of benzene rings is 2. The molecular weight excluding hydrogens is 457 g/mol. The molecule has 1 heterocycles.